The Bertz CT molecular complexity index is 204. The Morgan fingerprint density at radius 1 is 0.750 bits per heavy atom. The van der Waals surface area contributed by atoms with Crippen molar-refractivity contribution in [2.45, 2.75) is 26.9 Å². The SMILES string of the molecule is CC(C)(C)C(O)COCCOCCOCCOCCO. The summed E-state index contributed by atoms with van der Waals surface area (Å²) in [5.74, 6) is 0. The van der Waals surface area contributed by atoms with Crippen LogP contribution in [0, 0.1) is 5.41 Å². The third kappa shape index (κ3) is 12.8. The zero-order valence-corrected chi connectivity index (χ0v) is 13.0. The minimum absolute atomic E-state index is 0.0347. The molecule has 0 aromatic heterocycles. The molecular formula is C14H30O6. The first-order valence-electron chi connectivity index (χ1n) is 7.08. The summed E-state index contributed by atoms with van der Waals surface area (Å²) >= 11 is 0. The molecule has 20 heavy (non-hydrogen) atoms. The fourth-order valence-electron chi connectivity index (χ4n) is 1.17. The van der Waals surface area contributed by atoms with Gasteiger partial charge >= 0.3 is 0 Å². The molecule has 0 saturated heterocycles. The summed E-state index contributed by atoms with van der Waals surface area (Å²) in [7, 11) is 0. The van der Waals surface area contributed by atoms with Gasteiger partial charge in [-0.25, -0.2) is 0 Å². The molecule has 0 fully saturated rings. The van der Waals surface area contributed by atoms with E-state index in [1.54, 1.807) is 0 Å². The number of aliphatic hydroxyl groups is 2. The molecule has 0 amide bonds. The molecule has 0 rings (SSSR count). The lowest BCUT2D eigenvalue weighted by molar-refractivity contribution is -0.0424. The van der Waals surface area contributed by atoms with Crippen LogP contribution in [0.2, 0.25) is 0 Å². The minimum atomic E-state index is -0.468. The largest absolute Gasteiger partial charge is 0.394 e. The van der Waals surface area contributed by atoms with Gasteiger partial charge in [0.1, 0.15) is 0 Å². The van der Waals surface area contributed by atoms with Crippen LogP contribution in [-0.4, -0.2) is 75.8 Å². The van der Waals surface area contributed by atoms with E-state index in [0.717, 1.165) is 0 Å². The predicted octanol–water partition coefficient (Wildman–Crippen LogP) is 0.452. The zero-order chi connectivity index (χ0) is 15.3. The van der Waals surface area contributed by atoms with Crippen LogP contribution >= 0.6 is 0 Å². The second-order valence-corrected chi connectivity index (χ2v) is 5.52. The number of hydrogen-bond acceptors (Lipinski definition) is 6. The normalized spacial score (nSPS) is 13.7. The standard InChI is InChI=1S/C14H30O6/c1-14(2,3)13(16)12-20-11-10-19-9-8-18-7-6-17-5-4-15/h13,15-16H,4-12H2,1-3H3. The second kappa shape index (κ2) is 12.5. The lowest BCUT2D eigenvalue weighted by atomic mass is 9.90. The summed E-state index contributed by atoms with van der Waals surface area (Å²) < 4.78 is 20.9. The van der Waals surface area contributed by atoms with Gasteiger partial charge in [0, 0.05) is 0 Å². The fourth-order valence-corrected chi connectivity index (χ4v) is 1.17. The van der Waals surface area contributed by atoms with Crippen molar-refractivity contribution in [2.75, 3.05) is 59.5 Å². The van der Waals surface area contributed by atoms with Crippen molar-refractivity contribution >= 4 is 0 Å². The Hall–Kier alpha value is -0.240. The van der Waals surface area contributed by atoms with Crippen molar-refractivity contribution in [3.8, 4) is 0 Å². The van der Waals surface area contributed by atoms with Gasteiger partial charge in [-0.15, -0.1) is 0 Å². The summed E-state index contributed by atoms with van der Waals surface area (Å²) in [6.45, 7) is 9.56. The molecule has 0 heterocycles. The molecule has 0 aliphatic heterocycles. The molecule has 0 spiro atoms. The van der Waals surface area contributed by atoms with E-state index in [2.05, 4.69) is 0 Å². The van der Waals surface area contributed by atoms with Gasteiger partial charge in [0.15, 0.2) is 0 Å². The summed E-state index contributed by atoms with van der Waals surface area (Å²) in [6.07, 6.45) is -0.468. The molecule has 0 radical (unpaired) electrons. The first-order valence-corrected chi connectivity index (χ1v) is 7.08. The molecule has 1 unspecified atom stereocenters. The van der Waals surface area contributed by atoms with E-state index in [1.807, 2.05) is 20.8 Å². The van der Waals surface area contributed by atoms with Crippen LogP contribution in [0.15, 0.2) is 0 Å². The second-order valence-electron chi connectivity index (χ2n) is 5.52. The molecule has 0 aromatic rings. The van der Waals surface area contributed by atoms with Crippen LogP contribution in [0.4, 0.5) is 0 Å². The van der Waals surface area contributed by atoms with Gasteiger partial charge in [-0.2, -0.15) is 0 Å². The fraction of sp³-hybridized carbons (Fsp3) is 1.00. The van der Waals surface area contributed by atoms with Gasteiger partial charge in [-0.1, -0.05) is 20.8 Å². The van der Waals surface area contributed by atoms with Gasteiger partial charge in [-0.05, 0) is 5.41 Å². The molecule has 0 bridgehead atoms. The van der Waals surface area contributed by atoms with Gasteiger partial charge < -0.3 is 29.2 Å². The Balaban J connectivity index is 3.14. The molecule has 6 heteroatoms. The lowest BCUT2D eigenvalue weighted by Gasteiger charge is -2.25. The number of aliphatic hydroxyl groups excluding tert-OH is 2. The van der Waals surface area contributed by atoms with Crippen LogP contribution in [0.1, 0.15) is 20.8 Å². The van der Waals surface area contributed by atoms with Gasteiger partial charge in [-0.3, -0.25) is 0 Å². The van der Waals surface area contributed by atoms with Crippen molar-refractivity contribution in [3.63, 3.8) is 0 Å². The maximum atomic E-state index is 9.73. The molecule has 6 nitrogen and oxygen atoms in total. The smallest absolute Gasteiger partial charge is 0.0821 e. The molecule has 1 atom stereocenters. The van der Waals surface area contributed by atoms with Crippen molar-refractivity contribution < 1.29 is 29.2 Å². The van der Waals surface area contributed by atoms with Crippen LogP contribution < -0.4 is 0 Å². The average Bonchev–Trinajstić information content (AvgIpc) is 2.38. The van der Waals surface area contributed by atoms with Crippen LogP contribution in [0.25, 0.3) is 0 Å². The maximum Gasteiger partial charge on any atom is 0.0821 e. The highest BCUT2D eigenvalue weighted by atomic mass is 16.6. The molecule has 0 aromatic carbocycles. The van der Waals surface area contributed by atoms with Gasteiger partial charge in [0.05, 0.1) is 65.6 Å². The van der Waals surface area contributed by atoms with E-state index >= 15 is 0 Å². The summed E-state index contributed by atoms with van der Waals surface area (Å²) in [6, 6.07) is 0. The maximum absolute atomic E-state index is 9.73. The monoisotopic (exact) mass is 294 g/mol. The highest BCUT2D eigenvalue weighted by Gasteiger charge is 2.21. The molecule has 0 saturated carbocycles. The van der Waals surface area contributed by atoms with Crippen LogP contribution in [0.5, 0.6) is 0 Å². The van der Waals surface area contributed by atoms with E-state index in [-0.39, 0.29) is 12.0 Å². The van der Waals surface area contributed by atoms with Crippen LogP contribution in [0.3, 0.4) is 0 Å². The molecular weight excluding hydrogens is 264 g/mol. The summed E-state index contributed by atoms with van der Waals surface area (Å²) in [5, 5.41) is 18.2. The zero-order valence-electron chi connectivity index (χ0n) is 13.0. The Labute approximate surface area is 122 Å². The highest BCUT2D eigenvalue weighted by Crippen LogP contribution is 2.18. The van der Waals surface area contributed by atoms with Crippen molar-refractivity contribution in [2.24, 2.45) is 5.41 Å². The van der Waals surface area contributed by atoms with Crippen molar-refractivity contribution in [3.05, 3.63) is 0 Å². The topological polar surface area (TPSA) is 77.4 Å². The van der Waals surface area contributed by atoms with E-state index in [9.17, 15) is 5.11 Å². The Morgan fingerprint density at radius 2 is 1.15 bits per heavy atom. The average molecular weight is 294 g/mol. The predicted molar refractivity (Wildman–Crippen MR) is 75.8 cm³/mol. The molecule has 2 N–H and O–H groups in total. The number of rotatable bonds is 13. The molecule has 0 aliphatic carbocycles. The van der Waals surface area contributed by atoms with Crippen LogP contribution in [-0.2, 0) is 18.9 Å². The minimum Gasteiger partial charge on any atom is -0.394 e. The Kier molecular flexibility index (Phi) is 12.3. The van der Waals surface area contributed by atoms with E-state index in [4.69, 9.17) is 24.1 Å². The van der Waals surface area contributed by atoms with Crippen molar-refractivity contribution in [1.29, 1.82) is 0 Å². The molecule has 0 aliphatic rings. The first kappa shape index (κ1) is 19.8. The Morgan fingerprint density at radius 3 is 1.55 bits per heavy atom. The van der Waals surface area contributed by atoms with Gasteiger partial charge in [0.25, 0.3) is 0 Å². The van der Waals surface area contributed by atoms with Gasteiger partial charge in [0.2, 0.25) is 0 Å². The van der Waals surface area contributed by atoms with E-state index in [0.29, 0.717) is 52.9 Å². The number of ether oxygens (including phenoxy) is 4. The summed E-state index contributed by atoms with van der Waals surface area (Å²) in [5.41, 5.74) is -0.160. The summed E-state index contributed by atoms with van der Waals surface area (Å²) in [4.78, 5) is 0. The number of hydrogen-bond donors (Lipinski definition) is 2. The third-order valence-electron chi connectivity index (χ3n) is 2.63. The third-order valence-corrected chi connectivity index (χ3v) is 2.63. The lowest BCUT2D eigenvalue weighted by Crippen LogP contribution is -2.31. The molecule has 122 valence electrons. The highest BCUT2D eigenvalue weighted by molar-refractivity contribution is 4.71. The quantitative estimate of drug-likeness (QED) is 0.480. The van der Waals surface area contributed by atoms with E-state index < -0.39 is 6.10 Å². The van der Waals surface area contributed by atoms with Crippen molar-refractivity contribution in [1.82, 2.24) is 0 Å². The van der Waals surface area contributed by atoms with E-state index in [1.165, 1.54) is 0 Å². The first-order chi connectivity index (χ1) is 9.48.